The van der Waals surface area contributed by atoms with E-state index in [1.54, 1.807) is 11.0 Å². The molecule has 61 heavy (non-hydrogen) atoms. The molecule has 1 saturated heterocycles. The van der Waals surface area contributed by atoms with Gasteiger partial charge in [0.05, 0.1) is 12.6 Å². The number of carbonyl (C=O) groups excluding carboxylic acids is 6. The number of nitrogens with zero attached hydrogens (tertiary/aromatic N) is 3. The normalized spacial score (nSPS) is 24.3. The molecule has 3 aromatic carbocycles. The zero-order chi connectivity index (χ0) is 42.5. The Morgan fingerprint density at radius 2 is 1.59 bits per heavy atom. The summed E-state index contributed by atoms with van der Waals surface area (Å²) in [4.78, 5) is 87.1. The Bertz CT molecular complexity index is 2290. The summed E-state index contributed by atoms with van der Waals surface area (Å²) >= 11 is 0. The van der Waals surface area contributed by atoms with E-state index in [2.05, 4.69) is 16.0 Å². The molecule has 4 heterocycles. The quantitative estimate of drug-likeness (QED) is 0.149. The largest absolute Gasteiger partial charge is 0.466 e. The van der Waals surface area contributed by atoms with E-state index in [1.165, 1.54) is 4.90 Å². The van der Waals surface area contributed by atoms with E-state index in [9.17, 15) is 28.8 Å². The number of fused-ring (bicyclic) bond motifs is 3. The number of aliphatic imine (C=N–C) groups is 1. The highest BCUT2D eigenvalue weighted by atomic mass is 16.5. The van der Waals surface area contributed by atoms with Crippen LogP contribution in [-0.2, 0) is 46.5 Å². The topological polar surface area (TPSA) is 167 Å². The third kappa shape index (κ3) is 8.78. The number of benzene rings is 3. The van der Waals surface area contributed by atoms with Crippen molar-refractivity contribution in [3.05, 3.63) is 130 Å². The Hall–Kier alpha value is -6.37. The fraction of sp³-hybridized carbons (Fsp3) is 0.396. The molecular weight excluding hydrogens is 773 g/mol. The number of unbranched alkanes of at least 4 members (excludes halogenated alkanes) is 4. The molecule has 0 saturated carbocycles. The number of rotatable bonds is 15. The number of nitrogens with one attached hydrogen (secondary N) is 3. The Balaban J connectivity index is 0.811. The van der Waals surface area contributed by atoms with Gasteiger partial charge in [-0.05, 0) is 54.0 Å². The van der Waals surface area contributed by atoms with Gasteiger partial charge in [-0.25, -0.2) is 4.99 Å². The highest BCUT2D eigenvalue weighted by Crippen LogP contribution is 2.46. The molecule has 1 fully saturated rings. The second kappa shape index (κ2) is 18.1. The molecule has 13 nitrogen and oxygen atoms in total. The maximum Gasteiger partial charge on any atom is 0.256 e. The molecule has 0 spiro atoms. The lowest BCUT2D eigenvalue weighted by Gasteiger charge is -2.32. The van der Waals surface area contributed by atoms with E-state index < -0.39 is 23.6 Å². The predicted molar refractivity (Wildman–Crippen MR) is 227 cm³/mol. The van der Waals surface area contributed by atoms with Gasteiger partial charge in [0, 0.05) is 55.6 Å². The third-order valence-electron chi connectivity index (χ3n) is 12.4. The lowest BCUT2D eigenvalue weighted by Crippen LogP contribution is -2.53. The molecule has 0 bridgehead atoms. The molecule has 13 heteroatoms. The second-order valence-corrected chi connectivity index (χ2v) is 16.7. The number of amides is 6. The molecule has 8 rings (SSSR count). The van der Waals surface area contributed by atoms with Crippen LogP contribution in [-0.4, -0.2) is 88.4 Å². The van der Waals surface area contributed by atoms with Crippen molar-refractivity contribution in [1.29, 1.82) is 0 Å². The van der Waals surface area contributed by atoms with Gasteiger partial charge in [0.25, 0.3) is 11.8 Å². The van der Waals surface area contributed by atoms with Crippen molar-refractivity contribution in [3.8, 4) is 0 Å². The molecule has 0 aromatic heterocycles. The number of hydrogen-bond acceptors (Lipinski definition) is 8. The summed E-state index contributed by atoms with van der Waals surface area (Å²) in [7, 11) is 0. The average molecular weight is 825 g/mol. The summed E-state index contributed by atoms with van der Waals surface area (Å²) in [5, 5.41) is 8.49. The van der Waals surface area contributed by atoms with Crippen molar-refractivity contribution in [2.24, 2.45) is 10.9 Å². The first-order chi connectivity index (χ1) is 29.6. The van der Waals surface area contributed by atoms with Crippen molar-refractivity contribution >= 4 is 41.3 Å². The van der Waals surface area contributed by atoms with Gasteiger partial charge in [0.15, 0.2) is 11.6 Å². The Kier molecular flexibility index (Phi) is 12.3. The summed E-state index contributed by atoms with van der Waals surface area (Å²) in [5.41, 5.74) is 3.54. The van der Waals surface area contributed by atoms with Crippen LogP contribution in [0, 0.1) is 5.92 Å². The minimum Gasteiger partial charge on any atom is -0.466 e. The summed E-state index contributed by atoms with van der Waals surface area (Å²) in [6, 6.07) is 26.2. The van der Waals surface area contributed by atoms with Gasteiger partial charge in [-0.1, -0.05) is 111 Å². The van der Waals surface area contributed by atoms with E-state index >= 15 is 0 Å². The average Bonchev–Trinajstić information content (AvgIpc) is 3.78. The maximum absolute atomic E-state index is 14.8. The zero-order valence-corrected chi connectivity index (χ0v) is 34.4. The van der Waals surface area contributed by atoms with Crippen molar-refractivity contribution < 1.29 is 33.5 Å². The van der Waals surface area contributed by atoms with Crippen LogP contribution in [0.5, 0.6) is 0 Å². The summed E-state index contributed by atoms with van der Waals surface area (Å²) in [6.07, 6.45) is 8.22. The second-order valence-electron chi connectivity index (χ2n) is 16.7. The first-order valence-electron chi connectivity index (χ1n) is 21.5. The van der Waals surface area contributed by atoms with Crippen LogP contribution in [0.25, 0.3) is 0 Å². The number of carbonyl (C=O) groups is 6. The van der Waals surface area contributed by atoms with Crippen LogP contribution in [0.3, 0.4) is 0 Å². The summed E-state index contributed by atoms with van der Waals surface area (Å²) < 4.78 is 6.62. The van der Waals surface area contributed by atoms with Crippen LogP contribution in [0.15, 0.2) is 113 Å². The molecule has 3 unspecified atom stereocenters. The van der Waals surface area contributed by atoms with Crippen LogP contribution >= 0.6 is 0 Å². The van der Waals surface area contributed by atoms with Crippen molar-refractivity contribution in [2.45, 2.75) is 95.0 Å². The zero-order valence-electron chi connectivity index (χ0n) is 34.4. The first-order valence-corrected chi connectivity index (χ1v) is 21.5. The van der Waals surface area contributed by atoms with Gasteiger partial charge in [-0.15, -0.1) is 0 Å². The summed E-state index contributed by atoms with van der Waals surface area (Å²) in [6.45, 7) is 2.85. The number of imide groups is 1. The molecule has 5 atom stereocenters. The SMILES string of the molecule is CC1C=CC2=C(CN(C3CCC(=O)NC3=O)C2=O)C1NC(=O)CCCCCCCNC(=O)CN1Cc2ccccc2[C@@H]2OC(c3ccccc3)=N[C@]2(Cc2ccccc2)C1=O. The van der Waals surface area contributed by atoms with E-state index in [0.29, 0.717) is 37.3 Å². The van der Waals surface area contributed by atoms with Gasteiger partial charge in [0.2, 0.25) is 29.5 Å². The summed E-state index contributed by atoms with van der Waals surface area (Å²) in [5.74, 6) is -1.23. The number of hydrogen-bond donors (Lipinski definition) is 3. The third-order valence-corrected chi connectivity index (χ3v) is 12.4. The van der Waals surface area contributed by atoms with Crippen molar-refractivity contribution in [1.82, 2.24) is 25.8 Å². The molecule has 4 aliphatic heterocycles. The standard InChI is InChI=1S/C48H52N6O7/c1-31-22-23-36-37(29-54(46(36)59)38-24-25-40(56)51-44(38)58)42(31)50-39(55)21-11-3-2-4-14-26-49-41(57)30-53-28-34-19-12-13-20-35(34)43-48(47(53)60,27-32-15-7-5-8-16-32)52-45(61-43)33-17-9-6-10-18-33/h5-10,12-13,15-20,22-23,31,38,42-43H,2-4,11,14,21,24-30H2,1H3,(H,49,57)(H,50,55)(H,51,56,58)/t31?,38?,42?,43-,48-/m0/s1. The molecular formula is C48H52N6O7. The fourth-order valence-electron chi connectivity index (χ4n) is 9.24. The molecule has 0 radical (unpaired) electrons. The van der Waals surface area contributed by atoms with E-state index in [1.807, 2.05) is 97.9 Å². The first kappa shape index (κ1) is 41.4. The van der Waals surface area contributed by atoms with Gasteiger partial charge < -0.3 is 25.2 Å². The van der Waals surface area contributed by atoms with Gasteiger partial charge in [-0.3, -0.25) is 34.1 Å². The number of piperidine rings is 1. The van der Waals surface area contributed by atoms with Gasteiger partial charge in [-0.2, -0.15) is 0 Å². The monoisotopic (exact) mass is 824 g/mol. The van der Waals surface area contributed by atoms with Crippen LogP contribution in [0.1, 0.15) is 86.6 Å². The van der Waals surface area contributed by atoms with Crippen LogP contribution in [0.2, 0.25) is 0 Å². The van der Waals surface area contributed by atoms with E-state index in [-0.39, 0.29) is 74.0 Å². The van der Waals surface area contributed by atoms with Crippen LogP contribution in [0.4, 0.5) is 0 Å². The lowest BCUT2D eigenvalue weighted by molar-refractivity contribution is -0.143. The smallest absolute Gasteiger partial charge is 0.256 e. The van der Waals surface area contributed by atoms with Crippen molar-refractivity contribution in [3.63, 3.8) is 0 Å². The Labute approximate surface area is 355 Å². The minimum absolute atomic E-state index is 0.0224. The minimum atomic E-state index is -1.31. The van der Waals surface area contributed by atoms with Crippen LogP contribution < -0.4 is 16.0 Å². The molecule has 3 N–H and O–H groups in total. The predicted octanol–water partition coefficient (Wildman–Crippen LogP) is 4.62. The van der Waals surface area contributed by atoms with E-state index in [0.717, 1.165) is 53.5 Å². The van der Waals surface area contributed by atoms with Gasteiger partial charge >= 0.3 is 0 Å². The maximum atomic E-state index is 14.8. The lowest BCUT2D eigenvalue weighted by atomic mass is 9.81. The molecule has 316 valence electrons. The van der Waals surface area contributed by atoms with Gasteiger partial charge in [0.1, 0.15) is 6.04 Å². The highest BCUT2D eigenvalue weighted by Gasteiger charge is 2.57. The molecule has 6 amide bonds. The Morgan fingerprint density at radius 1 is 0.869 bits per heavy atom. The molecule has 5 aliphatic rings. The Morgan fingerprint density at radius 3 is 2.38 bits per heavy atom. The van der Waals surface area contributed by atoms with E-state index in [4.69, 9.17) is 9.73 Å². The molecule has 1 aliphatic carbocycles. The molecule has 3 aromatic rings. The van der Waals surface area contributed by atoms with Crippen molar-refractivity contribution in [2.75, 3.05) is 19.6 Å². The number of ether oxygens (including phenoxy) is 1. The highest BCUT2D eigenvalue weighted by molar-refractivity contribution is 6.06. The fourth-order valence-corrected chi connectivity index (χ4v) is 9.24.